The van der Waals surface area contributed by atoms with Gasteiger partial charge in [-0.3, -0.25) is 9.59 Å². The number of benzene rings is 1. The third-order valence-corrected chi connectivity index (χ3v) is 4.41. The van der Waals surface area contributed by atoms with E-state index in [2.05, 4.69) is 10.6 Å². The lowest BCUT2D eigenvalue weighted by Crippen LogP contribution is -2.31. The first kappa shape index (κ1) is 15.0. The maximum absolute atomic E-state index is 11.9. The molecule has 118 valence electrons. The van der Waals surface area contributed by atoms with Crippen LogP contribution >= 0.6 is 0 Å². The minimum Gasteiger partial charge on any atom is -0.352 e. The molecule has 0 saturated carbocycles. The molecule has 5 heteroatoms. The van der Waals surface area contributed by atoms with Gasteiger partial charge in [0.05, 0.1) is 0 Å². The van der Waals surface area contributed by atoms with Gasteiger partial charge in [-0.25, -0.2) is 0 Å². The molecular formula is C17H23N3O2. The van der Waals surface area contributed by atoms with Gasteiger partial charge in [-0.1, -0.05) is 12.1 Å². The zero-order chi connectivity index (χ0) is 15.4. The predicted octanol–water partition coefficient (Wildman–Crippen LogP) is 1.57. The number of nitrogens with one attached hydrogen (secondary N) is 2. The van der Waals surface area contributed by atoms with Crippen molar-refractivity contribution < 1.29 is 9.59 Å². The van der Waals surface area contributed by atoms with E-state index >= 15 is 0 Å². The highest BCUT2D eigenvalue weighted by molar-refractivity contribution is 5.95. The van der Waals surface area contributed by atoms with Gasteiger partial charge in [-0.15, -0.1) is 0 Å². The molecule has 0 spiro atoms. The summed E-state index contributed by atoms with van der Waals surface area (Å²) in [6.07, 6.45) is 4.39. The zero-order valence-electron chi connectivity index (χ0n) is 12.8. The Morgan fingerprint density at radius 2 is 2.09 bits per heavy atom. The molecule has 5 nitrogen and oxygen atoms in total. The molecular weight excluding hydrogens is 278 g/mol. The van der Waals surface area contributed by atoms with E-state index in [1.807, 2.05) is 29.2 Å². The molecule has 3 rings (SSSR count). The summed E-state index contributed by atoms with van der Waals surface area (Å²) in [5.41, 5.74) is 2.01. The number of carbonyl (C=O) groups excluding carboxylic acids is 2. The standard InChI is InChI=1S/C17H23N3O2/c21-16(11-14-3-1-9-18-14)19-12-13-5-7-15(8-6-13)20-10-2-4-17(20)22/h5-8,14,18H,1-4,9-12H2,(H,19,21). The molecule has 1 atom stereocenters. The fraction of sp³-hybridized carbons (Fsp3) is 0.529. The van der Waals surface area contributed by atoms with Gasteiger partial charge in [-0.2, -0.15) is 0 Å². The van der Waals surface area contributed by atoms with Crippen LogP contribution in [0, 0.1) is 0 Å². The Morgan fingerprint density at radius 1 is 1.27 bits per heavy atom. The van der Waals surface area contributed by atoms with Gasteiger partial charge >= 0.3 is 0 Å². The molecule has 2 aliphatic heterocycles. The number of carbonyl (C=O) groups is 2. The first-order chi connectivity index (χ1) is 10.7. The van der Waals surface area contributed by atoms with E-state index in [1.165, 1.54) is 0 Å². The molecule has 0 bridgehead atoms. The molecule has 0 radical (unpaired) electrons. The van der Waals surface area contributed by atoms with Crippen molar-refractivity contribution in [2.75, 3.05) is 18.0 Å². The summed E-state index contributed by atoms with van der Waals surface area (Å²) >= 11 is 0. The van der Waals surface area contributed by atoms with Crippen LogP contribution in [0.4, 0.5) is 5.69 Å². The molecule has 2 N–H and O–H groups in total. The second-order valence-corrected chi connectivity index (χ2v) is 6.09. The van der Waals surface area contributed by atoms with Gasteiger partial charge in [0.1, 0.15) is 0 Å². The Morgan fingerprint density at radius 3 is 2.73 bits per heavy atom. The second-order valence-electron chi connectivity index (χ2n) is 6.09. The predicted molar refractivity (Wildman–Crippen MR) is 85.5 cm³/mol. The van der Waals surface area contributed by atoms with Crippen LogP contribution in [0.25, 0.3) is 0 Å². The number of hydrogen-bond acceptors (Lipinski definition) is 3. The first-order valence-electron chi connectivity index (χ1n) is 8.12. The van der Waals surface area contributed by atoms with Gasteiger partial charge in [0.2, 0.25) is 11.8 Å². The lowest BCUT2D eigenvalue weighted by molar-refractivity contribution is -0.121. The topological polar surface area (TPSA) is 61.4 Å². The van der Waals surface area contributed by atoms with Crippen LogP contribution in [-0.2, 0) is 16.1 Å². The van der Waals surface area contributed by atoms with Crippen molar-refractivity contribution in [3.05, 3.63) is 29.8 Å². The summed E-state index contributed by atoms with van der Waals surface area (Å²) in [4.78, 5) is 25.4. The summed E-state index contributed by atoms with van der Waals surface area (Å²) in [5.74, 6) is 0.295. The summed E-state index contributed by atoms with van der Waals surface area (Å²) in [6, 6.07) is 8.22. The van der Waals surface area contributed by atoms with Crippen molar-refractivity contribution in [2.45, 2.75) is 44.7 Å². The van der Waals surface area contributed by atoms with E-state index in [0.717, 1.165) is 43.6 Å². The van der Waals surface area contributed by atoms with Crippen LogP contribution in [0.5, 0.6) is 0 Å². The van der Waals surface area contributed by atoms with Gasteiger partial charge in [-0.05, 0) is 43.5 Å². The third-order valence-electron chi connectivity index (χ3n) is 4.41. The second kappa shape index (κ2) is 6.92. The Kier molecular flexibility index (Phi) is 4.73. The fourth-order valence-electron chi connectivity index (χ4n) is 3.14. The quantitative estimate of drug-likeness (QED) is 0.868. The zero-order valence-corrected chi connectivity index (χ0v) is 12.8. The molecule has 1 aromatic carbocycles. The Bertz CT molecular complexity index is 535. The minimum absolute atomic E-state index is 0.0956. The van der Waals surface area contributed by atoms with E-state index < -0.39 is 0 Å². The number of hydrogen-bond donors (Lipinski definition) is 2. The van der Waals surface area contributed by atoms with Crippen LogP contribution in [0.2, 0.25) is 0 Å². The molecule has 2 aliphatic rings. The van der Waals surface area contributed by atoms with E-state index in [4.69, 9.17) is 0 Å². The van der Waals surface area contributed by atoms with E-state index in [9.17, 15) is 9.59 Å². The van der Waals surface area contributed by atoms with Crippen LogP contribution in [-0.4, -0.2) is 30.9 Å². The number of nitrogens with zero attached hydrogens (tertiary/aromatic N) is 1. The number of rotatable bonds is 5. The molecule has 2 heterocycles. The normalized spacial score (nSPS) is 21.4. The van der Waals surface area contributed by atoms with Crippen molar-refractivity contribution in [3.8, 4) is 0 Å². The molecule has 22 heavy (non-hydrogen) atoms. The van der Waals surface area contributed by atoms with Crippen molar-refractivity contribution >= 4 is 17.5 Å². The Labute approximate surface area is 131 Å². The van der Waals surface area contributed by atoms with Crippen molar-refractivity contribution in [1.29, 1.82) is 0 Å². The van der Waals surface area contributed by atoms with Crippen molar-refractivity contribution in [3.63, 3.8) is 0 Å². The van der Waals surface area contributed by atoms with Crippen molar-refractivity contribution in [1.82, 2.24) is 10.6 Å². The third kappa shape index (κ3) is 3.65. The van der Waals surface area contributed by atoms with Gasteiger partial charge < -0.3 is 15.5 Å². The average Bonchev–Trinajstić information content (AvgIpc) is 3.17. The first-order valence-corrected chi connectivity index (χ1v) is 8.12. The Hall–Kier alpha value is -1.88. The SMILES string of the molecule is O=C(CC1CCCN1)NCc1ccc(N2CCCC2=O)cc1. The summed E-state index contributed by atoms with van der Waals surface area (Å²) in [5, 5.41) is 6.29. The largest absolute Gasteiger partial charge is 0.352 e. The maximum Gasteiger partial charge on any atom is 0.227 e. The van der Waals surface area contributed by atoms with Gasteiger partial charge in [0, 0.05) is 37.7 Å². The molecule has 2 amide bonds. The highest BCUT2D eigenvalue weighted by atomic mass is 16.2. The van der Waals surface area contributed by atoms with Crippen LogP contribution in [0.15, 0.2) is 24.3 Å². The Balaban J connectivity index is 1.48. The monoisotopic (exact) mass is 301 g/mol. The maximum atomic E-state index is 11.9. The lowest BCUT2D eigenvalue weighted by Gasteiger charge is -2.16. The van der Waals surface area contributed by atoms with E-state index in [-0.39, 0.29) is 11.8 Å². The van der Waals surface area contributed by atoms with Gasteiger partial charge in [0.15, 0.2) is 0 Å². The molecule has 2 saturated heterocycles. The molecule has 2 fully saturated rings. The van der Waals surface area contributed by atoms with Crippen LogP contribution in [0.1, 0.15) is 37.7 Å². The summed E-state index contributed by atoms with van der Waals surface area (Å²) < 4.78 is 0. The van der Waals surface area contributed by atoms with Crippen molar-refractivity contribution in [2.24, 2.45) is 0 Å². The highest BCUT2D eigenvalue weighted by Gasteiger charge is 2.21. The van der Waals surface area contributed by atoms with Gasteiger partial charge in [0.25, 0.3) is 0 Å². The van der Waals surface area contributed by atoms with E-state index in [0.29, 0.717) is 25.4 Å². The fourth-order valence-corrected chi connectivity index (χ4v) is 3.14. The summed E-state index contributed by atoms with van der Waals surface area (Å²) in [6.45, 7) is 2.37. The lowest BCUT2D eigenvalue weighted by atomic mass is 10.1. The number of amides is 2. The number of anilines is 1. The van der Waals surface area contributed by atoms with E-state index in [1.54, 1.807) is 0 Å². The van der Waals surface area contributed by atoms with Crippen LogP contribution < -0.4 is 15.5 Å². The minimum atomic E-state index is 0.0956. The molecule has 1 unspecified atom stereocenters. The summed E-state index contributed by atoms with van der Waals surface area (Å²) in [7, 11) is 0. The molecule has 1 aromatic rings. The smallest absolute Gasteiger partial charge is 0.227 e. The van der Waals surface area contributed by atoms with Crippen LogP contribution in [0.3, 0.4) is 0 Å². The molecule has 0 aromatic heterocycles. The average molecular weight is 301 g/mol. The molecule has 0 aliphatic carbocycles. The highest BCUT2D eigenvalue weighted by Crippen LogP contribution is 2.21.